The van der Waals surface area contributed by atoms with Gasteiger partial charge in [-0.15, -0.1) is 0 Å². The highest BCUT2D eigenvalue weighted by atomic mass is 15.2. The van der Waals surface area contributed by atoms with Gasteiger partial charge in [-0.3, -0.25) is 0 Å². The van der Waals surface area contributed by atoms with Gasteiger partial charge in [-0.05, 0) is 31.2 Å². The first-order chi connectivity index (χ1) is 11.2. The number of fused-ring (bicyclic) bond motifs is 2. The maximum Gasteiger partial charge on any atom is 0.135 e. The third-order valence-electron chi connectivity index (χ3n) is 4.37. The van der Waals surface area contributed by atoms with Gasteiger partial charge in [0.2, 0.25) is 0 Å². The van der Waals surface area contributed by atoms with Crippen molar-refractivity contribution in [1.82, 2.24) is 19.1 Å². The fraction of sp³-hybridized carbons (Fsp3) is 0.222. The van der Waals surface area contributed by atoms with Gasteiger partial charge in [0.1, 0.15) is 11.3 Å². The van der Waals surface area contributed by atoms with Crippen LogP contribution in [0.15, 0.2) is 49.1 Å². The Morgan fingerprint density at radius 1 is 1.00 bits per heavy atom. The minimum atomic E-state index is 0.856. The van der Waals surface area contributed by atoms with E-state index in [4.69, 9.17) is 0 Å². The molecule has 3 aromatic heterocycles. The lowest BCUT2D eigenvalue weighted by Gasteiger charge is -2.22. The Morgan fingerprint density at radius 2 is 1.87 bits per heavy atom. The van der Waals surface area contributed by atoms with Gasteiger partial charge in [-0.1, -0.05) is 0 Å². The number of benzene rings is 1. The zero-order chi connectivity index (χ0) is 16.0. The van der Waals surface area contributed by atoms with Crippen LogP contribution in [0.3, 0.4) is 0 Å². The molecule has 4 rings (SSSR count). The third kappa shape index (κ3) is 2.16. The molecule has 4 aromatic rings. The number of anilines is 2. The van der Waals surface area contributed by atoms with E-state index in [-0.39, 0.29) is 0 Å². The summed E-state index contributed by atoms with van der Waals surface area (Å²) in [6.45, 7) is 3.00. The molecule has 0 amide bonds. The quantitative estimate of drug-likeness (QED) is 0.580. The topological polar surface area (TPSA) is 38.9 Å². The fourth-order valence-corrected chi connectivity index (χ4v) is 3.08. The normalized spacial score (nSPS) is 11.4. The molecule has 0 fully saturated rings. The number of nitrogens with zero attached hydrogens (tertiary/aromatic N) is 5. The highest BCUT2D eigenvalue weighted by Gasteiger charge is 2.12. The van der Waals surface area contributed by atoms with Gasteiger partial charge in [0, 0.05) is 49.5 Å². The first-order valence-electron chi connectivity index (χ1n) is 7.77. The molecular weight excluding hydrogens is 286 g/mol. The van der Waals surface area contributed by atoms with E-state index in [2.05, 4.69) is 69.9 Å². The number of aryl methyl sites for hydroxylation is 2. The van der Waals surface area contributed by atoms with Gasteiger partial charge in [0.15, 0.2) is 0 Å². The minimum absolute atomic E-state index is 0.856. The molecule has 0 aliphatic rings. The van der Waals surface area contributed by atoms with Crippen molar-refractivity contribution in [2.45, 2.75) is 6.92 Å². The van der Waals surface area contributed by atoms with E-state index in [1.54, 1.807) is 0 Å². The summed E-state index contributed by atoms with van der Waals surface area (Å²) in [7, 11) is 4.07. The summed E-state index contributed by atoms with van der Waals surface area (Å²) < 4.78 is 4.16. The van der Waals surface area contributed by atoms with Crippen molar-refractivity contribution in [2.24, 2.45) is 14.1 Å². The van der Waals surface area contributed by atoms with E-state index in [1.165, 1.54) is 10.9 Å². The molecule has 3 heterocycles. The van der Waals surface area contributed by atoms with Crippen molar-refractivity contribution >= 4 is 33.4 Å². The van der Waals surface area contributed by atoms with E-state index in [9.17, 15) is 0 Å². The number of hydrogen-bond acceptors (Lipinski definition) is 3. The lowest BCUT2D eigenvalue weighted by Crippen LogP contribution is -2.17. The fourth-order valence-electron chi connectivity index (χ4n) is 3.08. The van der Waals surface area contributed by atoms with Gasteiger partial charge in [0.25, 0.3) is 0 Å². The van der Waals surface area contributed by atoms with E-state index in [0.29, 0.717) is 0 Å². The van der Waals surface area contributed by atoms with E-state index < -0.39 is 0 Å². The van der Waals surface area contributed by atoms with Crippen molar-refractivity contribution in [2.75, 3.05) is 11.4 Å². The third-order valence-corrected chi connectivity index (χ3v) is 4.37. The first-order valence-corrected chi connectivity index (χ1v) is 7.77. The molecule has 0 saturated carbocycles. The highest BCUT2D eigenvalue weighted by Crippen LogP contribution is 2.28. The zero-order valence-electron chi connectivity index (χ0n) is 13.6. The summed E-state index contributed by atoms with van der Waals surface area (Å²) >= 11 is 0. The number of imidazole rings is 1. The highest BCUT2D eigenvalue weighted by molar-refractivity contribution is 5.86. The van der Waals surface area contributed by atoms with E-state index in [1.807, 2.05) is 24.1 Å². The van der Waals surface area contributed by atoms with Gasteiger partial charge < -0.3 is 14.0 Å². The summed E-state index contributed by atoms with van der Waals surface area (Å²) in [5, 5.41) is 1.24. The van der Waals surface area contributed by atoms with Crippen LogP contribution in [0.4, 0.5) is 11.5 Å². The van der Waals surface area contributed by atoms with Crippen LogP contribution < -0.4 is 4.90 Å². The molecule has 5 heteroatoms. The average Bonchev–Trinajstić information content (AvgIpc) is 3.12. The molecule has 0 N–H and O–H groups in total. The number of aromatic nitrogens is 4. The van der Waals surface area contributed by atoms with Gasteiger partial charge >= 0.3 is 0 Å². The summed E-state index contributed by atoms with van der Waals surface area (Å²) in [6.07, 6.45) is 5.75. The predicted molar refractivity (Wildman–Crippen MR) is 94.1 cm³/mol. The number of rotatable bonds is 3. The molecule has 0 aliphatic heterocycles. The maximum absolute atomic E-state index is 4.60. The Hall–Kier alpha value is -2.82. The summed E-state index contributed by atoms with van der Waals surface area (Å²) in [5.41, 5.74) is 4.40. The van der Waals surface area contributed by atoms with Crippen LogP contribution in [0.1, 0.15) is 6.92 Å². The smallest absolute Gasteiger partial charge is 0.135 e. The average molecular weight is 305 g/mol. The maximum atomic E-state index is 4.60. The Labute approximate surface area is 134 Å². The Kier molecular flexibility index (Phi) is 3.08. The zero-order valence-corrected chi connectivity index (χ0v) is 13.6. The summed E-state index contributed by atoms with van der Waals surface area (Å²) in [5.74, 6) is 0.943. The van der Waals surface area contributed by atoms with Crippen molar-refractivity contribution in [3.05, 3.63) is 49.1 Å². The lowest BCUT2D eigenvalue weighted by molar-refractivity contribution is 0.943. The van der Waals surface area contributed by atoms with Crippen molar-refractivity contribution < 1.29 is 0 Å². The largest absolute Gasteiger partial charge is 0.351 e. The first kappa shape index (κ1) is 13.8. The van der Waals surface area contributed by atoms with Gasteiger partial charge in [-0.25, -0.2) is 9.97 Å². The molecule has 116 valence electrons. The van der Waals surface area contributed by atoms with Gasteiger partial charge in [0.05, 0.1) is 18.0 Å². The predicted octanol–water partition coefficient (Wildman–Crippen LogP) is 3.62. The second-order valence-corrected chi connectivity index (χ2v) is 5.80. The standard InChI is InChI=1S/C18H19N5/c1-4-23(14-5-6-16-13(9-14)7-8-21(16)2)18-10-17-15(11-19-18)20-12-22(17)3/h5-12H,4H2,1-3H3. The second kappa shape index (κ2) is 5.12. The number of pyridine rings is 1. The molecule has 23 heavy (non-hydrogen) atoms. The number of hydrogen-bond donors (Lipinski definition) is 0. The lowest BCUT2D eigenvalue weighted by atomic mass is 10.2. The molecule has 0 spiro atoms. The summed E-state index contributed by atoms with van der Waals surface area (Å²) in [4.78, 5) is 11.2. The van der Waals surface area contributed by atoms with Crippen molar-refractivity contribution in [3.63, 3.8) is 0 Å². The Bertz CT molecular complexity index is 995. The van der Waals surface area contributed by atoms with Crippen LogP contribution in [0.25, 0.3) is 21.9 Å². The molecule has 0 unspecified atom stereocenters. The van der Waals surface area contributed by atoms with Gasteiger partial charge in [-0.2, -0.15) is 0 Å². The van der Waals surface area contributed by atoms with E-state index >= 15 is 0 Å². The van der Waals surface area contributed by atoms with Crippen LogP contribution >= 0.6 is 0 Å². The van der Waals surface area contributed by atoms with Crippen molar-refractivity contribution in [1.29, 1.82) is 0 Å². The molecule has 5 nitrogen and oxygen atoms in total. The van der Waals surface area contributed by atoms with Crippen LogP contribution in [-0.4, -0.2) is 25.6 Å². The molecule has 0 saturated heterocycles. The monoisotopic (exact) mass is 305 g/mol. The molecular formula is C18H19N5. The minimum Gasteiger partial charge on any atom is -0.351 e. The molecule has 0 aliphatic carbocycles. The Morgan fingerprint density at radius 3 is 2.70 bits per heavy atom. The van der Waals surface area contributed by atoms with Crippen LogP contribution in [-0.2, 0) is 14.1 Å². The molecule has 1 aromatic carbocycles. The SMILES string of the molecule is CCN(c1ccc2c(ccn2C)c1)c1cc2c(cn1)ncn2C. The molecule has 0 radical (unpaired) electrons. The summed E-state index contributed by atoms with van der Waals surface area (Å²) in [6, 6.07) is 10.8. The Balaban J connectivity index is 1.82. The second-order valence-electron chi connectivity index (χ2n) is 5.80. The van der Waals surface area contributed by atoms with Crippen LogP contribution in [0.2, 0.25) is 0 Å². The van der Waals surface area contributed by atoms with E-state index in [0.717, 1.165) is 29.1 Å². The van der Waals surface area contributed by atoms with Crippen LogP contribution in [0, 0.1) is 0 Å². The molecule has 0 bridgehead atoms. The van der Waals surface area contributed by atoms with Crippen LogP contribution in [0.5, 0.6) is 0 Å². The molecule has 0 atom stereocenters. The van der Waals surface area contributed by atoms with Crippen molar-refractivity contribution in [3.8, 4) is 0 Å².